The number of carbonyl (C=O) groups excluding carboxylic acids is 1. The molecule has 0 fully saturated rings. The molecule has 4 heteroatoms. The van der Waals surface area contributed by atoms with Gasteiger partial charge in [0.2, 0.25) is 0 Å². The van der Waals surface area contributed by atoms with E-state index >= 15 is 0 Å². The number of hydrogen-bond donors (Lipinski definition) is 0. The number of rotatable bonds is 0. The summed E-state index contributed by atoms with van der Waals surface area (Å²) in [6.45, 7) is 0.776. The third-order valence-electron chi connectivity index (χ3n) is 2.02. The summed E-state index contributed by atoms with van der Waals surface area (Å²) in [5, 5.41) is 0. The van der Waals surface area contributed by atoms with E-state index in [1.54, 1.807) is 11.1 Å². The highest BCUT2D eigenvalue weighted by molar-refractivity contribution is 6.16. The van der Waals surface area contributed by atoms with E-state index in [4.69, 9.17) is 11.8 Å². The maximum atomic E-state index is 11.3. The molecule has 0 aromatic carbocycles. The number of hydrogen-bond acceptors (Lipinski definition) is 2. The largest absolute Gasteiger partial charge is 0.294 e. The van der Waals surface area contributed by atoms with Crippen LogP contribution >= 0.6 is 11.8 Å². The zero-order valence-corrected chi connectivity index (χ0v) is 7.29. The van der Waals surface area contributed by atoms with E-state index in [9.17, 15) is 4.79 Å². The monoisotopic (exact) mass is 184 g/mol. The molecule has 2 rings (SSSR count). The molecule has 1 amide bonds. The van der Waals surface area contributed by atoms with Crippen molar-refractivity contribution in [3.8, 4) is 0 Å². The molecular weight excluding hydrogens is 176 g/mol. The number of amides is 1. The minimum absolute atomic E-state index is 0.0258. The zero-order valence-electron chi connectivity index (χ0n) is 6.53. The highest BCUT2D eigenvalue weighted by atomic mass is 35.5. The lowest BCUT2D eigenvalue weighted by Crippen LogP contribution is -2.39. The molecule has 2 heterocycles. The summed E-state index contributed by atoms with van der Waals surface area (Å²) in [6.07, 6.45) is 7.06. The molecule has 0 N–H and O–H groups in total. The Balaban J connectivity index is 2.35. The Labute approximate surface area is 76.0 Å². The van der Waals surface area contributed by atoms with Gasteiger partial charge in [0.25, 0.3) is 5.91 Å². The van der Waals surface area contributed by atoms with Crippen molar-refractivity contribution in [2.75, 3.05) is 6.54 Å². The van der Waals surface area contributed by atoms with E-state index in [1.807, 2.05) is 6.08 Å². The van der Waals surface area contributed by atoms with Crippen molar-refractivity contribution in [2.24, 2.45) is 0 Å². The van der Waals surface area contributed by atoms with Crippen LogP contribution < -0.4 is 0 Å². The molecule has 0 aromatic heterocycles. The lowest BCUT2D eigenvalue weighted by atomic mass is 10.2. The summed E-state index contributed by atoms with van der Waals surface area (Å²) in [4.78, 5) is 13.0. The third-order valence-corrected chi connectivity index (χ3v) is 2.31. The van der Waals surface area contributed by atoms with Crippen LogP contribution in [0.4, 0.5) is 0 Å². The number of allylic oxidation sites excluding steroid dienone is 1. The van der Waals surface area contributed by atoms with Gasteiger partial charge in [-0.25, -0.2) is 4.42 Å². The van der Waals surface area contributed by atoms with Gasteiger partial charge in [0.15, 0.2) is 0 Å². The Morgan fingerprint density at radius 3 is 3.08 bits per heavy atom. The van der Waals surface area contributed by atoms with Gasteiger partial charge in [-0.05, 0) is 18.9 Å². The number of nitrogens with zero attached hydrogens (tertiary/aromatic N) is 2. The fourth-order valence-corrected chi connectivity index (χ4v) is 1.64. The molecule has 0 radical (unpaired) electrons. The molecule has 0 bridgehead atoms. The van der Waals surface area contributed by atoms with Gasteiger partial charge < -0.3 is 0 Å². The smallest absolute Gasteiger partial charge is 0.253 e. The van der Waals surface area contributed by atoms with Gasteiger partial charge in [0.05, 0.1) is 0 Å². The van der Waals surface area contributed by atoms with Crippen LogP contribution in [0.25, 0.3) is 0 Å². The first kappa shape index (κ1) is 7.68. The van der Waals surface area contributed by atoms with Gasteiger partial charge >= 0.3 is 0 Å². The quantitative estimate of drug-likeness (QED) is 0.532. The molecule has 0 unspecified atom stereocenters. The van der Waals surface area contributed by atoms with Crippen LogP contribution in [0.3, 0.4) is 0 Å². The molecule has 0 aromatic rings. The minimum Gasteiger partial charge on any atom is -0.294 e. The summed E-state index contributed by atoms with van der Waals surface area (Å²) < 4.78 is 1.46. The third kappa shape index (κ3) is 1.10. The lowest BCUT2D eigenvalue weighted by molar-refractivity contribution is -0.125. The van der Waals surface area contributed by atoms with Gasteiger partial charge in [0.1, 0.15) is 5.82 Å². The van der Waals surface area contributed by atoms with Crippen molar-refractivity contribution in [3.05, 3.63) is 24.2 Å². The van der Waals surface area contributed by atoms with Crippen molar-refractivity contribution < 1.29 is 4.79 Å². The topological polar surface area (TPSA) is 23.6 Å². The van der Waals surface area contributed by atoms with E-state index in [0.717, 1.165) is 25.2 Å². The zero-order chi connectivity index (χ0) is 8.55. The second kappa shape index (κ2) is 2.83. The Hall–Kier alpha value is -0.960. The van der Waals surface area contributed by atoms with Crippen LogP contribution in [-0.4, -0.2) is 21.8 Å². The van der Waals surface area contributed by atoms with Gasteiger partial charge in [0, 0.05) is 30.6 Å². The van der Waals surface area contributed by atoms with Crippen LogP contribution in [-0.2, 0) is 4.79 Å². The average molecular weight is 185 g/mol. The summed E-state index contributed by atoms with van der Waals surface area (Å²) in [5.41, 5.74) is 0. The van der Waals surface area contributed by atoms with Crippen LogP contribution in [0, 0.1) is 0 Å². The molecular formula is C8H9ClN2O. The first-order valence-electron chi connectivity index (χ1n) is 3.94. The molecule has 12 heavy (non-hydrogen) atoms. The molecule has 0 saturated carbocycles. The molecule has 0 atom stereocenters. The van der Waals surface area contributed by atoms with Crippen LogP contribution in [0.15, 0.2) is 24.2 Å². The molecule has 3 nitrogen and oxygen atoms in total. The average Bonchev–Trinajstić information content (AvgIpc) is 2.12. The predicted molar refractivity (Wildman–Crippen MR) is 45.9 cm³/mol. The molecule has 0 aliphatic carbocycles. The first-order valence-corrected chi connectivity index (χ1v) is 4.28. The fourth-order valence-electron chi connectivity index (χ4n) is 1.43. The van der Waals surface area contributed by atoms with Gasteiger partial charge in [-0.3, -0.25) is 9.69 Å². The Kier molecular flexibility index (Phi) is 1.81. The maximum absolute atomic E-state index is 11.3. The summed E-state index contributed by atoms with van der Waals surface area (Å²) in [5.74, 6) is 0.827. The van der Waals surface area contributed by atoms with Gasteiger partial charge in [-0.2, -0.15) is 0 Å². The number of halogens is 1. The Bertz CT molecular complexity index is 272. The van der Waals surface area contributed by atoms with E-state index in [0.29, 0.717) is 0 Å². The molecule has 2 aliphatic rings. The summed E-state index contributed by atoms with van der Waals surface area (Å²) in [6, 6.07) is 0. The van der Waals surface area contributed by atoms with Crippen molar-refractivity contribution >= 4 is 17.7 Å². The molecule has 0 spiro atoms. The Morgan fingerprint density at radius 1 is 1.50 bits per heavy atom. The highest BCUT2D eigenvalue weighted by Gasteiger charge is 2.25. The second-order valence-electron chi connectivity index (χ2n) is 2.82. The standard InChI is InChI=1S/C8H9ClN2O/c9-11-6-4-8(12)10-5-2-1-3-7(10)11/h3-4,6H,1-2,5H2. The second-order valence-corrected chi connectivity index (χ2v) is 3.19. The van der Waals surface area contributed by atoms with Crippen molar-refractivity contribution in [3.63, 3.8) is 0 Å². The highest BCUT2D eigenvalue weighted by Crippen LogP contribution is 2.24. The molecule has 64 valence electrons. The van der Waals surface area contributed by atoms with Crippen LogP contribution in [0.2, 0.25) is 0 Å². The predicted octanol–water partition coefficient (Wildman–Crippen LogP) is 1.43. The van der Waals surface area contributed by atoms with Gasteiger partial charge in [-0.15, -0.1) is 0 Å². The van der Waals surface area contributed by atoms with Crippen LogP contribution in [0.5, 0.6) is 0 Å². The minimum atomic E-state index is 0.0258. The summed E-state index contributed by atoms with van der Waals surface area (Å²) in [7, 11) is 0. The molecule has 0 saturated heterocycles. The van der Waals surface area contributed by atoms with Gasteiger partial charge in [-0.1, -0.05) is 0 Å². The van der Waals surface area contributed by atoms with Crippen molar-refractivity contribution in [1.29, 1.82) is 0 Å². The fraction of sp³-hybridized carbons (Fsp3) is 0.375. The number of fused-ring (bicyclic) bond motifs is 1. The summed E-state index contributed by atoms with van der Waals surface area (Å²) >= 11 is 5.84. The van der Waals surface area contributed by atoms with E-state index in [1.165, 1.54) is 10.5 Å². The van der Waals surface area contributed by atoms with E-state index in [2.05, 4.69) is 0 Å². The van der Waals surface area contributed by atoms with Crippen molar-refractivity contribution in [1.82, 2.24) is 9.32 Å². The van der Waals surface area contributed by atoms with E-state index < -0.39 is 0 Å². The Morgan fingerprint density at radius 2 is 2.33 bits per heavy atom. The number of carbonyl (C=O) groups is 1. The first-order chi connectivity index (χ1) is 5.79. The lowest BCUT2D eigenvalue weighted by Gasteiger charge is -2.33. The molecule has 2 aliphatic heterocycles. The normalized spacial score (nSPS) is 22.4. The van der Waals surface area contributed by atoms with Crippen molar-refractivity contribution in [2.45, 2.75) is 12.8 Å². The maximum Gasteiger partial charge on any atom is 0.253 e. The SMILES string of the molecule is O=C1C=CN(Cl)C2=CCCCN12. The van der Waals surface area contributed by atoms with E-state index in [-0.39, 0.29) is 5.91 Å². The van der Waals surface area contributed by atoms with Crippen LogP contribution in [0.1, 0.15) is 12.8 Å².